The van der Waals surface area contributed by atoms with Gasteiger partial charge in [-0.15, -0.1) is 0 Å². The van der Waals surface area contributed by atoms with Crippen molar-refractivity contribution >= 4 is 5.91 Å². The zero-order chi connectivity index (χ0) is 21.7. The van der Waals surface area contributed by atoms with Crippen molar-refractivity contribution in [3.05, 3.63) is 65.2 Å². The number of aliphatic hydroxyl groups excluding tert-OH is 1. The summed E-state index contributed by atoms with van der Waals surface area (Å²) in [6, 6.07) is 15.1. The number of aliphatic hydroxyl groups is 1. The number of ether oxygens (including phenoxy) is 1. The summed E-state index contributed by atoms with van der Waals surface area (Å²) in [5.41, 5.74) is 2.99. The van der Waals surface area contributed by atoms with Crippen molar-refractivity contribution in [1.29, 1.82) is 0 Å². The van der Waals surface area contributed by atoms with Gasteiger partial charge in [0, 0.05) is 31.6 Å². The molecule has 0 bridgehead atoms. The van der Waals surface area contributed by atoms with Crippen LogP contribution in [-0.4, -0.2) is 54.9 Å². The highest BCUT2D eigenvalue weighted by atomic mass is 19.4. The number of halogens is 3. The molecule has 2 atom stereocenters. The lowest BCUT2D eigenvalue weighted by molar-refractivity contribution is -0.201. The van der Waals surface area contributed by atoms with Crippen LogP contribution < -0.4 is 10.1 Å². The first-order valence-electron chi connectivity index (χ1n) is 9.78. The molecule has 1 heterocycles. The summed E-state index contributed by atoms with van der Waals surface area (Å²) < 4.78 is 42.8. The zero-order valence-electron chi connectivity index (χ0n) is 16.7. The third-order valence-corrected chi connectivity index (χ3v) is 5.25. The molecule has 0 aliphatic carbocycles. The smallest absolute Gasteiger partial charge is 0.415 e. The molecule has 2 N–H and O–H groups in total. The van der Waals surface area contributed by atoms with Crippen molar-refractivity contribution in [3.8, 4) is 5.75 Å². The molecule has 2 unspecified atom stereocenters. The van der Waals surface area contributed by atoms with Gasteiger partial charge in [-0.25, -0.2) is 0 Å². The van der Waals surface area contributed by atoms with E-state index in [1.165, 1.54) is 0 Å². The maximum Gasteiger partial charge on any atom is 0.415 e. The number of methoxy groups -OCH3 is 1. The molecule has 0 aromatic heterocycles. The number of nitrogens with one attached hydrogen (secondary N) is 1. The average molecular weight is 422 g/mol. The molecule has 1 amide bonds. The van der Waals surface area contributed by atoms with E-state index in [0.29, 0.717) is 18.7 Å². The number of amides is 1. The van der Waals surface area contributed by atoms with E-state index in [1.807, 2.05) is 48.5 Å². The molecule has 1 aliphatic heterocycles. The molecule has 0 radical (unpaired) electrons. The van der Waals surface area contributed by atoms with Gasteiger partial charge in [-0.3, -0.25) is 4.79 Å². The standard InChI is InChI=1S/C22H25F3N2O3/c1-30-17-9-5-8-15-11-13-27(21(20(15)17)16-6-3-2-4-7-16)19(29)10-12-26-14-18(28)22(23,24)25/h2-9,18,21,26,28H,10-14H2,1H3. The van der Waals surface area contributed by atoms with Gasteiger partial charge in [-0.2, -0.15) is 13.2 Å². The lowest BCUT2D eigenvalue weighted by Crippen LogP contribution is -2.43. The van der Waals surface area contributed by atoms with Crippen LogP contribution in [0.2, 0.25) is 0 Å². The van der Waals surface area contributed by atoms with Gasteiger partial charge < -0.3 is 20.1 Å². The number of benzene rings is 2. The number of rotatable bonds is 7. The van der Waals surface area contributed by atoms with Crippen LogP contribution in [0.3, 0.4) is 0 Å². The summed E-state index contributed by atoms with van der Waals surface area (Å²) in [6.07, 6.45) is -6.43. The highest BCUT2D eigenvalue weighted by molar-refractivity contribution is 5.78. The topological polar surface area (TPSA) is 61.8 Å². The summed E-state index contributed by atoms with van der Waals surface area (Å²) in [6.45, 7) is -0.0952. The van der Waals surface area contributed by atoms with Gasteiger partial charge in [0.1, 0.15) is 5.75 Å². The third-order valence-electron chi connectivity index (χ3n) is 5.25. The van der Waals surface area contributed by atoms with Gasteiger partial charge in [0.15, 0.2) is 6.10 Å². The highest BCUT2D eigenvalue weighted by Gasteiger charge is 2.38. The predicted molar refractivity (Wildman–Crippen MR) is 106 cm³/mol. The fraction of sp³-hybridized carbons (Fsp3) is 0.409. The second-order valence-corrected chi connectivity index (χ2v) is 7.19. The molecule has 2 aromatic carbocycles. The largest absolute Gasteiger partial charge is 0.496 e. The van der Waals surface area contributed by atoms with E-state index < -0.39 is 18.8 Å². The minimum Gasteiger partial charge on any atom is -0.496 e. The van der Waals surface area contributed by atoms with E-state index in [-0.39, 0.29) is 24.9 Å². The summed E-state index contributed by atoms with van der Waals surface area (Å²) in [7, 11) is 1.59. The minimum atomic E-state index is -4.68. The van der Waals surface area contributed by atoms with Crippen molar-refractivity contribution in [1.82, 2.24) is 10.2 Å². The van der Waals surface area contributed by atoms with Gasteiger partial charge in [-0.1, -0.05) is 42.5 Å². The van der Waals surface area contributed by atoms with Gasteiger partial charge in [-0.05, 0) is 23.6 Å². The maximum atomic E-state index is 13.0. The highest BCUT2D eigenvalue weighted by Crippen LogP contribution is 2.40. The van der Waals surface area contributed by atoms with Crippen molar-refractivity contribution in [2.45, 2.75) is 31.2 Å². The van der Waals surface area contributed by atoms with Crippen LogP contribution >= 0.6 is 0 Å². The molecule has 0 spiro atoms. The van der Waals surface area contributed by atoms with E-state index in [1.54, 1.807) is 12.0 Å². The van der Waals surface area contributed by atoms with Crippen LogP contribution in [0.5, 0.6) is 5.75 Å². The molecule has 3 rings (SSSR count). The molecule has 2 aromatic rings. The average Bonchev–Trinajstić information content (AvgIpc) is 2.75. The van der Waals surface area contributed by atoms with Gasteiger partial charge in [0.05, 0.1) is 13.2 Å². The molecule has 0 saturated heterocycles. The Morgan fingerprint density at radius 3 is 2.63 bits per heavy atom. The lowest BCUT2D eigenvalue weighted by Gasteiger charge is -2.38. The Labute approximate surface area is 173 Å². The van der Waals surface area contributed by atoms with Gasteiger partial charge in [0.2, 0.25) is 5.91 Å². The molecule has 0 saturated carbocycles. The SMILES string of the molecule is COc1cccc2c1C(c1ccccc1)N(C(=O)CCNCC(O)C(F)(F)F)CC2. The molecule has 30 heavy (non-hydrogen) atoms. The Hall–Kier alpha value is -2.58. The Kier molecular flexibility index (Phi) is 6.99. The number of hydrogen-bond acceptors (Lipinski definition) is 4. The monoisotopic (exact) mass is 422 g/mol. The van der Waals surface area contributed by atoms with Crippen LogP contribution in [0.4, 0.5) is 13.2 Å². The number of fused-ring (bicyclic) bond motifs is 1. The van der Waals surface area contributed by atoms with Crippen molar-refractivity contribution in [2.24, 2.45) is 0 Å². The van der Waals surface area contributed by atoms with Crippen molar-refractivity contribution in [3.63, 3.8) is 0 Å². The van der Waals surface area contributed by atoms with E-state index in [2.05, 4.69) is 5.32 Å². The van der Waals surface area contributed by atoms with E-state index in [4.69, 9.17) is 9.84 Å². The fourth-order valence-electron chi connectivity index (χ4n) is 3.77. The normalized spacial score (nSPS) is 17.4. The van der Waals surface area contributed by atoms with Crippen LogP contribution in [-0.2, 0) is 11.2 Å². The first-order chi connectivity index (χ1) is 14.3. The number of carbonyl (C=O) groups is 1. The van der Waals surface area contributed by atoms with Crippen LogP contribution in [0.25, 0.3) is 0 Å². The second-order valence-electron chi connectivity index (χ2n) is 7.19. The molecule has 162 valence electrons. The molecule has 1 aliphatic rings. The van der Waals surface area contributed by atoms with E-state index in [9.17, 15) is 18.0 Å². The molecule has 0 fully saturated rings. The summed E-state index contributed by atoms with van der Waals surface area (Å²) >= 11 is 0. The van der Waals surface area contributed by atoms with Crippen LogP contribution in [0.15, 0.2) is 48.5 Å². The summed E-state index contributed by atoms with van der Waals surface area (Å²) in [5.74, 6) is 0.527. The van der Waals surface area contributed by atoms with Crippen molar-refractivity contribution < 1.29 is 27.8 Å². The van der Waals surface area contributed by atoms with Gasteiger partial charge in [0.25, 0.3) is 0 Å². The molecule has 5 nitrogen and oxygen atoms in total. The zero-order valence-corrected chi connectivity index (χ0v) is 16.7. The molecule has 8 heteroatoms. The summed E-state index contributed by atoms with van der Waals surface area (Å²) in [4.78, 5) is 14.7. The lowest BCUT2D eigenvalue weighted by atomic mass is 9.87. The van der Waals surface area contributed by atoms with Crippen LogP contribution in [0, 0.1) is 0 Å². The Bertz CT molecular complexity index is 844. The fourth-order valence-corrected chi connectivity index (χ4v) is 3.77. The van der Waals surface area contributed by atoms with Gasteiger partial charge >= 0.3 is 6.18 Å². The predicted octanol–water partition coefficient (Wildman–Crippen LogP) is 3.07. The Morgan fingerprint density at radius 2 is 1.97 bits per heavy atom. The first kappa shape index (κ1) is 22.1. The minimum absolute atomic E-state index is 0.0262. The van der Waals surface area contributed by atoms with Crippen molar-refractivity contribution in [2.75, 3.05) is 26.7 Å². The summed E-state index contributed by atoms with van der Waals surface area (Å²) in [5, 5.41) is 11.6. The maximum absolute atomic E-state index is 13.0. The molecular weight excluding hydrogens is 397 g/mol. The second kappa shape index (κ2) is 9.49. The number of carbonyl (C=O) groups excluding carboxylic acids is 1. The number of nitrogens with zero attached hydrogens (tertiary/aromatic N) is 1. The Morgan fingerprint density at radius 1 is 1.23 bits per heavy atom. The first-order valence-corrected chi connectivity index (χ1v) is 9.78. The van der Waals surface area contributed by atoms with Crippen LogP contribution in [0.1, 0.15) is 29.2 Å². The Balaban J connectivity index is 1.77. The van der Waals surface area contributed by atoms with E-state index >= 15 is 0 Å². The third kappa shape index (κ3) is 4.94. The quantitative estimate of drug-likeness (QED) is 0.674. The molecular formula is C22H25F3N2O3. The number of alkyl halides is 3. The number of hydrogen-bond donors (Lipinski definition) is 2. The van der Waals surface area contributed by atoms with E-state index in [0.717, 1.165) is 16.7 Å².